The topological polar surface area (TPSA) is 23.6 Å². The molecule has 0 N–H and O–H groups in total. The standard InChI is InChI=1S/C22H33ClN2O/c1-24(22(26)20-7-3-2-4-8-20)16-19-6-5-14-25(17-19)15-13-18-9-11-21(23)12-10-18/h9-12,19-20H,2-8,13-17H2,1H3/t19-/m0/s1. The molecule has 1 saturated heterocycles. The molecule has 1 aliphatic heterocycles. The van der Waals surface area contributed by atoms with Crippen molar-refractivity contribution in [3.8, 4) is 0 Å². The summed E-state index contributed by atoms with van der Waals surface area (Å²) in [6, 6.07) is 8.20. The number of rotatable bonds is 6. The molecule has 3 nitrogen and oxygen atoms in total. The summed E-state index contributed by atoms with van der Waals surface area (Å²) in [7, 11) is 2.02. The van der Waals surface area contributed by atoms with Gasteiger partial charge in [0.15, 0.2) is 0 Å². The molecule has 4 heteroatoms. The number of carbonyl (C=O) groups excluding carboxylic acids is 1. The highest BCUT2D eigenvalue weighted by Crippen LogP contribution is 2.26. The van der Waals surface area contributed by atoms with Crippen molar-refractivity contribution >= 4 is 17.5 Å². The maximum absolute atomic E-state index is 12.7. The normalized spacial score (nSPS) is 22.3. The van der Waals surface area contributed by atoms with Crippen molar-refractivity contribution in [2.24, 2.45) is 11.8 Å². The molecule has 0 aromatic heterocycles. The van der Waals surface area contributed by atoms with Gasteiger partial charge in [-0.1, -0.05) is 43.0 Å². The molecular weight excluding hydrogens is 344 g/mol. The average Bonchev–Trinajstić information content (AvgIpc) is 2.68. The summed E-state index contributed by atoms with van der Waals surface area (Å²) >= 11 is 5.97. The smallest absolute Gasteiger partial charge is 0.225 e. The highest BCUT2D eigenvalue weighted by molar-refractivity contribution is 6.30. The predicted octanol–water partition coefficient (Wildman–Crippen LogP) is 4.63. The molecule has 0 bridgehead atoms. The molecule has 1 heterocycles. The van der Waals surface area contributed by atoms with Crippen LogP contribution in [0.2, 0.25) is 5.02 Å². The monoisotopic (exact) mass is 376 g/mol. The minimum absolute atomic E-state index is 0.290. The Bertz CT molecular complexity index is 568. The van der Waals surface area contributed by atoms with Gasteiger partial charge in [0.25, 0.3) is 0 Å². The van der Waals surface area contributed by atoms with Crippen LogP contribution in [0.15, 0.2) is 24.3 Å². The van der Waals surface area contributed by atoms with E-state index >= 15 is 0 Å². The fourth-order valence-corrected chi connectivity index (χ4v) is 4.71. The minimum Gasteiger partial charge on any atom is -0.345 e. The molecular formula is C22H33ClN2O. The lowest BCUT2D eigenvalue weighted by molar-refractivity contribution is -0.136. The van der Waals surface area contributed by atoms with Gasteiger partial charge in [-0.15, -0.1) is 0 Å². The first-order valence-corrected chi connectivity index (χ1v) is 10.7. The Kier molecular flexibility index (Phi) is 7.39. The minimum atomic E-state index is 0.290. The van der Waals surface area contributed by atoms with Crippen LogP contribution in [-0.4, -0.2) is 48.9 Å². The Morgan fingerprint density at radius 1 is 1.12 bits per heavy atom. The van der Waals surface area contributed by atoms with E-state index in [0.29, 0.717) is 17.7 Å². The summed E-state index contributed by atoms with van der Waals surface area (Å²) in [6.45, 7) is 4.32. The first kappa shape index (κ1) is 19.7. The SMILES string of the molecule is CN(C[C@@H]1CCCN(CCc2ccc(Cl)cc2)C1)C(=O)C1CCCCC1. The second-order valence-electron chi connectivity index (χ2n) is 8.24. The van der Waals surface area contributed by atoms with Gasteiger partial charge >= 0.3 is 0 Å². The van der Waals surface area contributed by atoms with Crippen molar-refractivity contribution in [3.63, 3.8) is 0 Å². The van der Waals surface area contributed by atoms with Crippen LogP contribution in [0, 0.1) is 11.8 Å². The number of piperidine rings is 1. The zero-order valence-electron chi connectivity index (χ0n) is 16.1. The van der Waals surface area contributed by atoms with Crippen molar-refractivity contribution in [1.29, 1.82) is 0 Å². The largest absolute Gasteiger partial charge is 0.345 e. The third-order valence-electron chi connectivity index (χ3n) is 6.10. The third-order valence-corrected chi connectivity index (χ3v) is 6.35. The Morgan fingerprint density at radius 3 is 2.58 bits per heavy atom. The van der Waals surface area contributed by atoms with Gasteiger partial charge in [0.1, 0.15) is 0 Å². The summed E-state index contributed by atoms with van der Waals surface area (Å²) in [5.41, 5.74) is 1.35. The summed E-state index contributed by atoms with van der Waals surface area (Å²) in [4.78, 5) is 17.3. The van der Waals surface area contributed by atoms with Crippen molar-refractivity contribution in [2.75, 3.05) is 33.2 Å². The first-order valence-electron chi connectivity index (χ1n) is 10.3. The zero-order valence-corrected chi connectivity index (χ0v) is 16.9. The van der Waals surface area contributed by atoms with E-state index in [-0.39, 0.29) is 0 Å². The number of likely N-dealkylation sites (tertiary alicyclic amines) is 1. The Balaban J connectivity index is 1.43. The van der Waals surface area contributed by atoms with Crippen molar-refractivity contribution in [2.45, 2.75) is 51.4 Å². The molecule has 3 rings (SSSR count). The number of carbonyl (C=O) groups is 1. The molecule has 0 radical (unpaired) electrons. The van der Waals surface area contributed by atoms with Crippen LogP contribution in [0.4, 0.5) is 0 Å². The second-order valence-corrected chi connectivity index (χ2v) is 8.68. The fraction of sp³-hybridized carbons (Fsp3) is 0.682. The summed E-state index contributed by atoms with van der Waals surface area (Å²) in [5, 5.41) is 0.803. The van der Waals surface area contributed by atoms with Gasteiger partial charge in [-0.25, -0.2) is 0 Å². The number of benzene rings is 1. The van der Waals surface area contributed by atoms with Crippen LogP contribution in [0.25, 0.3) is 0 Å². The molecule has 1 aromatic carbocycles. The van der Waals surface area contributed by atoms with E-state index in [1.165, 1.54) is 44.2 Å². The summed E-state index contributed by atoms with van der Waals surface area (Å²) in [6.07, 6.45) is 9.52. The van der Waals surface area contributed by atoms with Crippen molar-refractivity contribution < 1.29 is 4.79 Å². The quantitative estimate of drug-likeness (QED) is 0.722. The summed E-state index contributed by atoms with van der Waals surface area (Å²) in [5.74, 6) is 1.30. The van der Waals surface area contributed by atoms with Crippen LogP contribution in [0.5, 0.6) is 0 Å². The van der Waals surface area contributed by atoms with E-state index in [0.717, 1.165) is 43.9 Å². The zero-order chi connectivity index (χ0) is 18.4. The summed E-state index contributed by atoms with van der Waals surface area (Å²) < 4.78 is 0. The van der Waals surface area contributed by atoms with Crippen LogP contribution in [0.1, 0.15) is 50.5 Å². The Hall–Kier alpha value is -1.06. The van der Waals surface area contributed by atoms with Crippen molar-refractivity contribution in [1.82, 2.24) is 9.80 Å². The molecule has 2 aliphatic rings. The van der Waals surface area contributed by atoms with Crippen LogP contribution in [0.3, 0.4) is 0 Å². The number of amides is 1. The Morgan fingerprint density at radius 2 is 1.85 bits per heavy atom. The molecule has 0 unspecified atom stereocenters. The van der Waals surface area contributed by atoms with Gasteiger partial charge in [-0.05, 0) is 62.3 Å². The molecule has 1 aromatic rings. The lowest BCUT2D eigenvalue weighted by atomic mass is 9.88. The molecule has 1 saturated carbocycles. The van der Waals surface area contributed by atoms with E-state index in [2.05, 4.69) is 17.0 Å². The first-order chi connectivity index (χ1) is 12.6. The van der Waals surface area contributed by atoms with E-state index in [1.807, 2.05) is 24.1 Å². The molecule has 1 amide bonds. The fourth-order valence-electron chi connectivity index (χ4n) is 4.58. The average molecular weight is 377 g/mol. The molecule has 144 valence electrons. The maximum atomic E-state index is 12.7. The molecule has 1 aliphatic carbocycles. The second kappa shape index (κ2) is 9.75. The number of hydrogen-bond donors (Lipinski definition) is 0. The van der Waals surface area contributed by atoms with Gasteiger partial charge in [0.2, 0.25) is 5.91 Å². The Labute approximate surface area is 163 Å². The van der Waals surface area contributed by atoms with E-state index < -0.39 is 0 Å². The van der Waals surface area contributed by atoms with E-state index in [9.17, 15) is 4.79 Å². The number of hydrogen-bond acceptors (Lipinski definition) is 2. The molecule has 1 atom stereocenters. The highest BCUT2D eigenvalue weighted by atomic mass is 35.5. The van der Waals surface area contributed by atoms with Gasteiger partial charge in [-0.3, -0.25) is 4.79 Å². The van der Waals surface area contributed by atoms with E-state index in [4.69, 9.17) is 11.6 Å². The van der Waals surface area contributed by atoms with Gasteiger partial charge in [0, 0.05) is 37.6 Å². The van der Waals surface area contributed by atoms with Crippen LogP contribution < -0.4 is 0 Å². The van der Waals surface area contributed by atoms with Crippen LogP contribution >= 0.6 is 11.6 Å². The van der Waals surface area contributed by atoms with Gasteiger partial charge in [-0.2, -0.15) is 0 Å². The maximum Gasteiger partial charge on any atom is 0.225 e. The predicted molar refractivity (Wildman–Crippen MR) is 109 cm³/mol. The lowest BCUT2D eigenvalue weighted by Gasteiger charge is -2.36. The highest BCUT2D eigenvalue weighted by Gasteiger charge is 2.27. The van der Waals surface area contributed by atoms with E-state index in [1.54, 1.807) is 0 Å². The van der Waals surface area contributed by atoms with Crippen LogP contribution in [-0.2, 0) is 11.2 Å². The lowest BCUT2D eigenvalue weighted by Crippen LogP contribution is -2.43. The van der Waals surface area contributed by atoms with Gasteiger partial charge < -0.3 is 9.80 Å². The third kappa shape index (κ3) is 5.72. The molecule has 2 fully saturated rings. The van der Waals surface area contributed by atoms with Gasteiger partial charge in [0.05, 0.1) is 0 Å². The number of halogens is 1. The van der Waals surface area contributed by atoms with Crippen molar-refractivity contribution in [3.05, 3.63) is 34.9 Å². The number of nitrogens with zero attached hydrogens (tertiary/aromatic N) is 2. The molecule has 0 spiro atoms. The molecule has 26 heavy (non-hydrogen) atoms.